The van der Waals surface area contributed by atoms with Gasteiger partial charge in [-0.3, -0.25) is 0 Å². The summed E-state index contributed by atoms with van der Waals surface area (Å²) < 4.78 is 12.0. The Morgan fingerprint density at radius 2 is 2.12 bits per heavy atom. The van der Waals surface area contributed by atoms with Crippen LogP contribution in [0.3, 0.4) is 0 Å². The summed E-state index contributed by atoms with van der Waals surface area (Å²) in [7, 11) is 0. The van der Waals surface area contributed by atoms with E-state index in [1.165, 1.54) is 12.8 Å². The molecule has 94 valence electrons. The van der Waals surface area contributed by atoms with E-state index in [9.17, 15) is 0 Å². The largest absolute Gasteiger partial charge is 0.394 e. The van der Waals surface area contributed by atoms with E-state index < -0.39 is 5.79 Å². The lowest BCUT2D eigenvalue weighted by atomic mass is 9.73. The van der Waals surface area contributed by atoms with E-state index in [0.29, 0.717) is 24.4 Å². The van der Waals surface area contributed by atoms with Gasteiger partial charge in [-0.15, -0.1) is 0 Å². The Morgan fingerprint density at radius 1 is 1.38 bits per heavy atom. The zero-order chi connectivity index (χ0) is 11.8. The molecule has 2 fully saturated rings. The van der Waals surface area contributed by atoms with E-state index in [0.717, 1.165) is 6.42 Å². The molecule has 1 aliphatic carbocycles. The molecule has 16 heavy (non-hydrogen) atoms. The van der Waals surface area contributed by atoms with Gasteiger partial charge in [0.1, 0.15) is 6.10 Å². The van der Waals surface area contributed by atoms with Crippen molar-refractivity contribution in [2.45, 2.75) is 51.9 Å². The van der Waals surface area contributed by atoms with Crippen LogP contribution < -0.4 is 0 Å². The molecule has 0 radical (unpaired) electrons. The molecule has 1 aliphatic heterocycles. The van der Waals surface area contributed by atoms with Gasteiger partial charge in [-0.1, -0.05) is 27.2 Å². The summed E-state index contributed by atoms with van der Waals surface area (Å²) in [5, 5.41) is 9.17. The normalized spacial score (nSPS) is 44.4. The van der Waals surface area contributed by atoms with Gasteiger partial charge in [0.25, 0.3) is 0 Å². The van der Waals surface area contributed by atoms with Gasteiger partial charge in [0, 0.05) is 12.3 Å². The highest BCUT2D eigenvalue weighted by Crippen LogP contribution is 2.47. The first-order valence-electron chi connectivity index (χ1n) is 6.50. The maximum Gasteiger partial charge on any atom is 0.172 e. The standard InChI is InChI=1S/C13H24O3/c1-9(2)12-5-4-10(3)6-13(12)15-8-11(7-14)16-13/h9-12,14H,4-8H2,1-3H3/t10-,11-,12+,13-/m0/s1. The van der Waals surface area contributed by atoms with Crippen LogP contribution in [0.15, 0.2) is 0 Å². The Hall–Kier alpha value is -0.120. The fourth-order valence-electron chi connectivity index (χ4n) is 3.24. The molecule has 0 bridgehead atoms. The summed E-state index contributed by atoms with van der Waals surface area (Å²) >= 11 is 0. The summed E-state index contributed by atoms with van der Waals surface area (Å²) in [5.41, 5.74) is 0. The SMILES string of the molecule is CC(C)[C@H]1CC[C@H](C)C[C@@]12OC[C@H](CO)O2. The van der Waals surface area contributed by atoms with Crippen LogP contribution in [-0.2, 0) is 9.47 Å². The zero-order valence-electron chi connectivity index (χ0n) is 10.6. The van der Waals surface area contributed by atoms with Gasteiger partial charge in [-0.25, -0.2) is 0 Å². The van der Waals surface area contributed by atoms with Crippen molar-refractivity contribution in [3.8, 4) is 0 Å². The number of aliphatic hydroxyl groups is 1. The summed E-state index contributed by atoms with van der Waals surface area (Å²) in [6.07, 6.45) is 3.30. The van der Waals surface area contributed by atoms with E-state index >= 15 is 0 Å². The number of hydrogen-bond donors (Lipinski definition) is 1. The third-order valence-corrected chi connectivity index (χ3v) is 4.06. The molecule has 1 saturated carbocycles. The molecular formula is C13H24O3. The van der Waals surface area contributed by atoms with Gasteiger partial charge in [-0.05, 0) is 18.3 Å². The Bertz CT molecular complexity index is 241. The molecule has 2 aliphatic rings. The van der Waals surface area contributed by atoms with E-state index in [4.69, 9.17) is 14.6 Å². The van der Waals surface area contributed by atoms with Crippen LogP contribution in [0, 0.1) is 17.8 Å². The second-order valence-electron chi connectivity index (χ2n) is 5.78. The van der Waals surface area contributed by atoms with Crippen molar-refractivity contribution in [3.05, 3.63) is 0 Å². The van der Waals surface area contributed by atoms with Crippen molar-refractivity contribution in [3.63, 3.8) is 0 Å². The van der Waals surface area contributed by atoms with Gasteiger partial charge in [-0.2, -0.15) is 0 Å². The summed E-state index contributed by atoms with van der Waals surface area (Å²) in [4.78, 5) is 0. The maximum atomic E-state index is 9.17. The summed E-state index contributed by atoms with van der Waals surface area (Å²) in [6.45, 7) is 7.35. The maximum absolute atomic E-state index is 9.17. The van der Waals surface area contributed by atoms with Crippen LogP contribution in [0.5, 0.6) is 0 Å². The molecule has 0 aromatic carbocycles. The molecule has 1 spiro atoms. The zero-order valence-corrected chi connectivity index (χ0v) is 10.6. The Kier molecular flexibility index (Phi) is 3.57. The highest BCUT2D eigenvalue weighted by molar-refractivity contribution is 4.92. The van der Waals surface area contributed by atoms with Crippen LogP contribution in [0.4, 0.5) is 0 Å². The van der Waals surface area contributed by atoms with Gasteiger partial charge in [0.15, 0.2) is 5.79 Å². The fourth-order valence-corrected chi connectivity index (χ4v) is 3.24. The third kappa shape index (κ3) is 2.13. The topological polar surface area (TPSA) is 38.7 Å². The molecule has 0 amide bonds. The first-order chi connectivity index (χ1) is 7.57. The molecule has 0 unspecified atom stereocenters. The van der Waals surface area contributed by atoms with Gasteiger partial charge < -0.3 is 14.6 Å². The third-order valence-electron chi connectivity index (χ3n) is 4.06. The molecule has 2 rings (SSSR count). The van der Waals surface area contributed by atoms with Crippen molar-refractivity contribution in [1.29, 1.82) is 0 Å². The first-order valence-corrected chi connectivity index (χ1v) is 6.50. The number of ether oxygens (including phenoxy) is 2. The highest BCUT2D eigenvalue weighted by Gasteiger charge is 2.51. The van der Waals surface area contributed by atoms with E-state index in [-0.39, 0.29) is 12.7 Å². The monoisotopic (exact) mass is 228 g/mol. The molecule has 3 nitrogen and oxygen atoms in total. The van der Waals surface area contributed by atoms with E-state index in [2.05, 4.69) is 20.8 Å². The lowest BCUT2D eigenvalue weighted by Crippen LogP contribution is -2.47. The smallest absolute Gasteiger partial charge is 0.172 e. The lowest BCUT2D eigenvalue weighted by Gasteiger charge is -2.44. The second-order valence-corrected chi connectivity index (χ2v) is 5.78. The van der Waals surface area contributed by atoms with Crippen LogP contribution in [0.25, 0.3) is 0 Å². The van der Waals surface area contributed by atoms with Crippen molar-refractivity contribution >= 4 is 0 Å². The predicted octanol–water partition coefficient (Wildman–Crippen LogP) is 2.18. The average Bonchev–Trinajstić information content (AvgIpc) is 2.61. The van der Waals surface area contributed by atoms with Crippen molar-refractivity contribution < 1.29 is 14.6 Å². The van der Waals surface area contributed by atoms with Crippen LogP contribution >= 0.6 is 0 Å². The molecule has 4 atom stereocenters. The average molecular weight is 228 g/mol. The minimum Gasteiger partial charge on any atom is -0.394 e. The molecular weight excluding hydrogens is 204 g/mol. The van der Waals surface area contributed by atoms with Gasteiger partial charge in [0.05, 0.1) is 13.2 Å². The van der Waals surface area contributed by atoms with E-state index in [1.807, 2.05) is 0 Å². The van der Waals surface area contributed by atoms with Gasteiger partial charge >= 0.3 is 0 Å². The number of rotatable bonds is 2. The quantitative estimate of drug-likeness (QED) is 0.787. The minimum atomic E-state index is -0.404. The van der Waals surface area contributed by atoms with Crippen molar-refractivity contribution in [1.82, 2.24) is 0 Å². The predicted molar refractivity (Wildman–Crippen MR) is 62.0 cm³/mol. The van der Waals surface area contributed by atoms with Crippen molar-refractivity contribution in [2.75, 3.05) is 13.2 Å². The van der Waals surface area contributed by atoms with Gasteiger partial charge in [0.2, 0.25) is 0 Å². The minimum absolute atomic E-state index is 0.0704. The number of aliphatic hydroxyl groups excluding tert-OH is 1. The Balaban J connectivity index is 2.13. The molecule has 1 N–H and O–H groups in total. The van der Waals surface area contributed by atoms with Crippen LogP contribution in [0.2, 0.25) is 0 Å². The number of hydrogen-bond acceptors (Lipinski definition) is 3. The van der Waals surface area contributed by atoms with Crippen molar-refractivity contribution in [2.24, 2.45) is 17.8 Å². The highest BCUT2D eigenvalue weighted by atomic mass is 16.7. The fraction of sp³-hybridized carbons (Fsp3) is 1.00. The molecule has 0 aromatic heterocycles. The van der Waals surface area contributed by atoms with Crippen LogP contribution in [0.1, 0.15) is 40.0 Å². The second kappa shape index (κ2) is 4.63. The Morgan fingerprint density at radius 3 is 2.69 bits per heavy atom. The summed E-state index contributed by atoms with van der Waals surface area (Å²) in [5.74, 6) is 1.30. The molecule has 1 heterocycles. The van der Waals surface area contributed by atoms with E-state index in [1.54, 1.807) is 0 Å². The van der Waals surface area contributed by atoms with Crippen LogP contribution in [-0.4, -0.2) is 30.2 Å². The molecule has 3 heteroatoms. The lowest BCUT2D eigenvalue weighted by molar-refractivity contribution is -0.240. The molecule has 0 aromatic rings. The summed E-state index contributed by atoms with van der Waals surface area (Å²) in [6, 6.07) is 0. The Labute approximate surface area is 98.1 Å². The molecule has 1 saturated heterocycles. The first kappa shape index (κ1) is 12.3.